The molecule has 3 heterocycles. The van der Waals surface area contributed by atoms with Gasteiger partial charge in [-0.15, -0.1) is 0 Å². The first kappa shape index (κ1) is 17.3. The first-order valence-electron chi connectivity index (χ1n) is 9.61. The molecule has 0 unspecified atom stereocenters. The number of carbonyl (C=O) groups is 1. The second-order valence-corrected chi connectivity index (χ2v) is 7.92. The third kappa shape index (κ3) is 3.53. The highest BCUT2D eigenvalue weighted by Crippen LogP contribution is 2.39. The number of rotatable bonds is 5. The summed E-state index contributed by atoms with van der Waals surface area (Å²) in [6, 6.07) is 4.55. The van der Waals surface area contributed by atoms with Gasteiger partial charge in [-0.1, -0.05) is 0 Å². The molecule has 0 bridgehead atoms. The lowest BCUT2D eigenvalue weighted by molar-refractivity contribution is 0.0776. The van der Waals surface area contributed by atoms with Crippen molar-refractivity contribution in [3.05, 3.63) is 34.9 Å². The van der Waals surface area contributed by atoms with Crippen LogP contribution in [0.2, 0.25) is 0 Å². The second kappa shape index (κ2) is 6.87. The molecule has 0 atom stereocenters. The fraction of sp³-hybridized carbons (Fsp3) is 0.632. The summed E-state index contributed by atoms with van der Waals surface area (Å²) in [5.74, 6) is 0.581. The van der Waals surface area contributed by atoms with Crippen LogP contribution in [-0.2, 0) is 19.6 Å². The van der Waals surface area contributed by atoms with Gasteiger partial charge in [0.05, 0.1) is 23.6 Å². The van der Waals surface area contributed by atoms with Crippen LogP contribution in [0.25, 0.3) is 0 Å². The molecular formula is C19H28N6O. The number of aromatic nitrogens is 4. The zero-order valence-corrected chi connectivity index (χ0v) is 15.9. The summed E-state index contributed by atoms with van der Waals surface area (Å²) in [6.45, 7) is 7.76. The largest absolute Gasteiger partial charge is 0.334 e. The molecule has 4 rings (SSSR count). The van der Waals surface area contributed by atoms with E-state index in [1.807, 2.05) is 17.8 Å². The smallest absolute Gasteiger partial charge is 0.274 e. The molecule has 1 fully saturated rings. The zero-order chi connectivity index (χ0) is 18.3. The zero-order valence-electron chi connectivity index (χ0n) is 15.9. The fourth-order valence-corrected chi connectivity index (χ4v) is 3.60. The lowest BCUT2D eigenvalue weighted by Gasteiger charge is -2.23. The number of hydrogen-bond acceptors (Lipinski definition) is 4. The van der Waals surface area contributed by atoms with Crippen molar-refractivity contribution in [3.8, 4) is 0 Å². The van der Waals surface area contributed by atoms with Gasteiger partial charge in [-0.05, 0) is 45.2 Å². The van der Waals surface area contributed by atoms with E-state index in [2.05, 4.69) is 40.1 Å². The fourth-order valence-electron chi connectivity index (χ4n) is 3.60. The van der Waals surface area contributed by atoms with E-state index in [1.165, 1.54) is 12.8 Å². The van der Waals surface area contributed by atoms with E-state index in [1.54, 1.807) is 4.90 Å². The van der Waals surface area contributed by atoms with Gasteiger partial charge < -0.3 is 4.90 Å². The maximum Gasteiger partial charge on any atom is 0.274 e. The lowest BCUT2D eigenvalue weighted by Crippen LogP contribution is -2.30. The third-order valence-electron chi connectivity index (χ3n) is 5.39. The number of aryl methyl sites for hydroxylation is 1. The lowest BCUT2D eigenvalue weighted by atomic mass is 10.2. The van der Waals surface area contributed by atoms with Gasteiger partial charge in [0.25, 0.3) is 5.91 Å². The first-order chi connectivity index (χ1) is 12.5. The Kier molecular flexibility index (Phi) is 4.56. The van der Waals surface area contributed by atoms with Gasteiger partial charge in [-0.25, -0.2) is 0 Å². The van der Waals surface area contributed by atoms with Gasteiger partial charge in [-0.3, -0.25) is 19.5 Å². The van der Waals surface area contributed by atoms with Crippen LogP contribution in [0.1, 0.15) is 66.6 Å². The Bertz CT molecular complexity index is 788. The Balaban J connectivity index is 1.44. The third-order valence-corrected chi connectivity index (χ3v) is 5.39. The number of H-pyrrole nitrogens is 1. The average Bonchev–Trinajstić information content (AvgIpc) is 3.29. The summed E-state index contributed by atoms with van der Waals surface area (Å²) >= 11 is 0. The molecule has 1 saturated carbocycles. The Morgan fingerprint density at radius 2 is 2.15 bits per heavy atom. The van der Waals surface area contributed by atoms with Crippen molar-refractivity contribution < 1.29 is 4.79 Å². The number of hydrogen-bond donors (Lipinski definition) is 1. The Hall–Kier alpha value is -2.15. The number of aromatic amines is 1. The highest BCUT2D eigenvalue weighted by molar-refractivity contribution is 5.92. The van der Waals surface area contributed by atoms with Crippen LogP contribution < -0.4 is 0 Å². The van der Waals surface area contributed by atoms with Crippen LogP contribution in [0.3, 0.4) is 0 Å². The van der Waals surface area contributed by atoms with Crippen LogP contribution in [0, 0.1) is 0 Å². The van der Waals surface area contributed by atoms with E-state index in [0.29, 0.717) is 24.2 Å². The highest BCUT2D eigenvalue weighted by atomic mass is 16.2. The van der Waals surface area contributed by atoms with Crippen molar-refractivity contribution in [2.75, 3.05) is 13.6 Å². The van der Waals surface area contributed by atoms with E-state index in [-0.39, 0.29) is 5.91 Å². The van der Waals surface area contributed by atoms with Gasteiger partial charge in [0, 0.05) is 38.6 Å². The topological polar surface area (TPSA) is 70.1 Å². The summed E-state index contributed by atoms with van der Waals surface area (Å²) in [5, 5.41) is 12.0. The molecule has 1 aliphatic carbocycles. The summed E-state index contributed by atoms with van der Waals surface area (Å²) in [7, 11) is 1.82. The number of carbonyl (C=O) groups excluding carboxylic acids is 1. The van der Waals surface area contributed by atoms with E-state index in [0.717, 1.165) is 43.1 Å². The SMILES string of the molecule is CC(C)N1CCCn2nc(C(=O)N(C)Cc3cc(C4CC4)n[nH]3)cc2C1. The first-order valence-corrected chi connectivity index (χ1v) is 9.61. The van der Waals surface area contributed by atoms with Crippen LogP contribution >= 0.6 is 0 Å². The van der Waals surface area contributed by atoms with Crippen molar-refractivity contribution in [1.82, 2.24) is 29.8 Å². The van der Waals surface area contributed by atoms with Crippen molar-refractivity contribution >= 4 is 5.91 Å². The quantitative estimate of drug-likeness (QED) is 0.893. The maximum atomic E-state index is 12.8. The Morgan fingerprint density at radius 1 is 1.35 bits per heavy atom. The molecule has 7 heteroatoms. The van der Waals surface area contributed by atoms with Crippen molar-refractivity contribution in [3.63, 3.8) is 0 Å². The molecular weight excluding hydrogens is 328 g/mol. The minimum absolute atomic E-state index is 0.0377. The van der Waals surface area contributed by atoms with E-state index in [4.69, 9.17) is 0 Å². The molecule has 0 saturated heterocycles. The molecule has 2 aromatic rings. The molecule has 1 N–H and O–H groups in total. The van der Waals surface area contributed by atoms with Gasteiger partial charge in [0.2, 0.25) is 0 Å². The second-order valence-electron chi connectivity index (χ2n) is 7.92. The summed E-state index contributed by atoms with van der Waals surface area (Å²) in [4.78, 5) is 17.0. The van der Waals surface area contributed by atoms with Crippen LogP contribution in [0.15, 0.2) is 12.1 Å². The summed E-state index contributed by atoms with van der Waals surface area (Å²) in [5.41, 5.74) is 3.78. The molecule has 2 aliphatic rings. The van der Waals surface area contributed by atoms with E-state index >= 15 is 0 Å². The number of nitrogens with zero attached hydrogens (tertiary/aromatic N) is 5. The number of amides is 1. The summed E-state index contributed by atoms with van der Waals surface area (Å²) < 4.78 is 2.00. The Labute approximate surface area is 154 Å². The monoisotopic (exact) mass is 356 g/mol. The van der Waals surface area contributed by atoms with Crippen LogP contribution in [0.4, 0.5) is 0 Å². The van der Waals surface area contributed by atoms with Crippen LogP contribution in [-0.4, -0.2) is 55.3 Å². The molecule has 1 aliphatic heterocycles. The van der Waals surface area contributed by atoms with Gasteiger partial charge in [-0.2, -0.15) is 10.2 Å². The normalized spacial score (nSPS) is 18.0. The maximum absolute atomic E-state index is 12.8. The Morgan fingerprint density at radius 3 is 2.88 bits per heavy atom. The number of nitrogens with one attached hydrogen (secondary N) is 1. The van der Waals surface area contributed by atoms with Crippen molar-refractivity contribution in [1.29, 1.82) is 0 Å². The molecule has 0 aromatic carbocycles. The summed E-state index contributed by atoms with van der Waals surface area (Å²) in [6.07, 6.45) is 3.52. The average molecular weight is 356 g/mol. The van der Waals surface area contributed by atoms with Crippen molar-refractivity contribution in [2.24, 2.45) is 0 Å². The molecule has 2 aromatic heterocycles. The minimum Gasteiger partial charge on any atom is -0.334 e. The molecule has 1 amide bonds. The molecule has 26 heavy (non-hydrogen) atoms. The molecule has 0 radical (unpaired) electrons. The van der Waals surface area contributed by atoms with Gasteiger partial charge >= 0.3 is 0 Å². The molecule has 7 nitrogen and oxygen atoms in total. The van der Waals surface area contributed by atoms with E-state index in [9.17, 15) is 4.79 Å². The van der Waals surface area contributed by atoms with E-state index < -0.39 is 0 Å². The predicted octanol–water partition coefficient (Wildman–Crippen LogP) is 2.37. The number of fused-ring (bicyclic) bond motifs is 1. The molecule has 0 spiro atoms. The standard InChI is InChI=1S/C19H28N6O/c1-13(2)24-7-4-8-25-16(12-24)10-18(22-25)19(26)23(3)11-15-9-17(21-20-15)14-5-6-14/h9-10,13-14H,4-8,11-12H2,1-3H3,(H,20,21). The van der Waals surface area contributed by atoms with Crippen LogP contribution in [0.5, 0.6) is 0 Å². The molecule has 140 valence electrons. The highest BCUT2D eigenvalue weighted by Gasteiger charge is 2.27. The van der Waals surface area contributed by atoms with Crippen molar-refractivity contribution in [2.45, 2.75) is 64.7 Å². The predicted molar refractivity (Wildman–Crippen MR) is 98.8 cm³/mol. The van der Waals surface area contributed by atoms with Gasteiger partial charge in [0.15, 0.2) is 5.69 Å². The minimum atomic E-state index is -0.0377. The van der Waals surface area contributed by atoms with Gasteiger partial charge in [0.1, 0.15) is 0 Å².